The number of H-pyrrole nitrogens is 1. The van der Waals surface area contributed by atoms with Crippen molar-refractivity contribution in [1.82, 2.24) is 30.4 Å². The number of tetrazole rings is 1. The molecule has 4 aliphatic heterocycles. The van der Waals surface area contributed by atoms with E-state index in [1.54, 1.807) is 58.3 Å². The Labute approximate surface area is 404 Å². The van der Waals surface area contributed by atoms with Gasteiger partial charge in [-0.1, -0.05) is 94.9 Å². The molecule has 0 spiro atoms. The van der Waals surface area contributed by atoms with Gasteiger partial charge in [0.25, 0.3) is 11.8 Å². The number of rotatable bonds is 7. The second-order valence-corrected chi connectivity index (χ2v) is 16.1. The number of hydrogen-bond donors (Lipinski definition) is 1. The molecule has 5 aromatic rings. The number of alkyl halides is 1. The number of carbonyl (C=O) groups excluding carboxylic acids is 4. The molecule has 4 aromatic carbocycles. The SMILES string of the molecule is O=C1N(c2cc(Cl)cc(Cl)c2)C(=O)C2(Cc3ccc(-c4nn[nH]n4)cc3)CCCN12.[2H]CF.[C-]#[N+]c1ccc(CC23CCCN2C(=O)N(c2cc(Cl)cc(Cl)c2)C3=O)cc1.[N-]=[N+]=[N-].[Na+]. The Morgan fingerprint density at radius 2 is 1.14 bits per heavy atom. The van der Waals surface area contributed by atoms with E-state index in [1.807, 2.05) is 36.4 Å². The monoisotopic (exact) mass is 941 g/mol. The van der Waals surface area contributed by atoms with Gasteiger partial charge in [0.15, 0.2) is 5.69 Å². The Morgan fingerprint density at radius 1 is 0.746 bits per heavy atom. The van der Waals surface area contributed by atoms with Crippen LogP contribution in [0.5, 0.6) is 0 Å². The minimum atomic E-state index is -1.00. The van der Waals surface area contributed by atoms with Crippen molar-refractivity contribution in [3.63, 3.8) is 0 Å². The molecule has 9 rings (SSSR count). The fourth-order valence-electron chi connectivity index (χ4n) is 8.32. The zero-order valence-electron chi connectivity index (χ0n) is 34.4. The third kappa shape index (κ3) is 9.79. The summed E-state index contributed by atoms with van der Waals surface area (Å²) in [4.78, 5) is 63.7. The molecule has 0 radical (unpaired) electrons. The van der Waals surface area contributed by atoms with E-state index in [9.17, 15) is 23.6 Å². The molecule has 1 aromatic heterocycles. The van der Waals surface area contributed by atoms with Crippen LogP contribution in [0.2, 0.25) is 20.1 Å². The van der Waals surface area contributed by atoms with Crippen molar-refractivity contribution in [3.8, 4) is 11.4 Å². The molecule has 318 valence electrons. The zero-order chi connectivity index (χ0) is 45.5. The van der Waals surface area contributed by atoms with Gasteiger partial charge in [-0.15, -0.1) is 10.2 Å². The standard InChI is InChI=1S/C20H16Cl2N6O2.C20H15Cl2N3O2.CH3F.N3.Na/c21-14-8-15(22)10-16(9-14)28-18(29)20(6-1-7-27(20)19(28)30)11-12-2-4-13(5-3-12)17-23-25-26-24-17;1-23-16-5-3-13(4-6-16)12-20-7-2-8-24(20)19(27)25(18(20)26)17-10-14(21)9-15(22)11-17;1-2;1-3-2;/h2-5,8-10H,1,6-7,11H2,(H,23,24,25,26);3-6,9-11H,2,7-8,12H2;1H3;;/q;;;-1;+1/i;;1D;;. The average Bonchev–Trinajstić information content (AvgIpc) is 4.08. The van der Waals surface area contributed by atoms with Crippen LogP contribution < -0.4 is 39.4 Å². The summed E-state index contributed by atoms with van der Waals surface area (Å²) in [6, 6.07) is 23.5. The molecule has 63 heavy (non-hydrogen) atoms. The Balaban J connectivity index is 0.000000213. The Kier molecular flexibility index (Phi) is 15.7. The predicted octanol–water partition coefficient (Wildman–Crippen LogP) is 7.26. The molecule has 22 heteroatoms. The van der Waals surface area contributed by atoms with Crippen LogP contribution >= 0.6 is 46.4 Å². The number of amides is 6. The quantitative estimate of drug-likeness (QED) is 0.0442. The molecular formula is C41H34Cl4FN12NaO4. The van der Waals surface area contributed by atoms with Crippen molar-refractivity contribution in [3.05, 3.63) is 144 Å². The summed E-state index contributed by atoms with van der Waals surface area (Å²) in [6.07, 6.45) is 3.61. The normalized spacial score (nSPS) is 19.6. The number of urea groups is 2. The molecular weight excluding hydrogens is 908 g/mol. The molecule has 16 nitrogen and oxygen atoms in total. The average molecular weight is 944 g/mol. The number of nitrogens with zero attached hydrogens (tertiary/aromatic N) is 11. The molecule has 4 aliphatic rings. The molecule has 0 aliphatic carbocycles. The minimum absolute atomic E-state index is 0. The smallest absolute Gasteiger partial charge is 0.373 e. The number of nitrogens with one attached hydrogen (secondary N) is 1. The summed E-state index contributed by atoms with van der Waals surface area (Å²) >= 11 is 24.3. The number of hydrogen-bond acceptors (Lipinski definition) is 7. The first-order valence-corrected chi connectivity index (χ1v) is 20.1. The molecule has 0 saturated carbocycles. The Bertz CT molecular complexity index is 2560. The number of aromatic nitrogens is 4. The number of anilines is 2. The van der Waals surface area contributed by atoms with Gasteiger partial charge in [0, 0.05) is 51.6 Å². The van der Waals surface area contributed by atoms with Gasteiger partial charge >= 0.3 is 41.6 Å². The number of benzene rings is 4. The summed E-state index contributed by atoms with van der Waals surface area (Å²) in [5.41, 5.74) is 15.7. The van der Waals surface area contributed by atoms with Crippen molar-refractivity contribution < 1.29 is 54.5 Å². The van der Waals surface area contributed by atoms with Gasteiger partial charge < -0.3 is 20.9 Å². The van der Waals surface area contributed by atoms with Crippen LogP contribution in [0.4, 0.5) is 31.0 Å². The maximum Gasteiger partial charge on any atom is 1.00 e. The van der Waals surface area contributed by atoms with E-state index in [1.165, 1.54) is 14.7 Å². The third-order valence-electron chi connectivity index (χ3n) is 10.9. The molecule has 2 atom stereocenters. The number of aromatic amines is 1. The largest absolute Gasteiger partial charge is 1.00 e. The number of halogens is 5. The van der Waals surface area contributed by atoms with Crippen molar-refractivity contribution in [2.75, 3.05) is 30.0 Å². The van der Waals surface area contributed by atoms with Gasteiger partial charge in [-0.3, -0.25) is 18.9 Å². The topological polar surface area (TPSA) is 199 Å². The van der Waals surface area contributed by atoms with Crippen molar-refractivity contribution in [2.24, 2.45) is 0 Å². The van der Waals surface area contributed by atoms with E-state index in [0.717, 1.165) is 29.5 Å². The Morgan fingerprint density at radius 3 is 1.51 bits per heavy atom. The van der Waals surface area contributed by atoms with Gasteiger partial charge in [0.1, 0.15) is 11.1 Å². The fraction of sp³-hybridized carbons (Fsp3) is 0.268. The fourth-order valence-corrected chi connectivity index (χ4v) is 9.35. The van der Waals surface area contributed by atoms with Crippen molar-refractivity contribution >= 4 is 87.3 Å². The predicted molar refractivity (Wildman–Crippen MR) is 233 cm³/mol. The molecule has 5 heterocycles. The van der Waals surface area contributed by atoms with Crippen LogP contribution in [0.15, 0.2) is 84.9 Å². The van der Waals surface area contributed by atoms with Gasteiger partial charge in [-0.05, 0) is 78.4 Å². The van der Waals surface area contributed by atoms with Crippen molar-refractivity contribution in [2.45, 2.75) is 49.6 Å². The molecule has 4 fully saturated rings. The van der Waals surface area contributed by atoms with Crippen LogP contribution in [0.25, 0.3) is 32.2 Å². The van der Waals surface area contributed by atoms with Gasteiger partial charge in [-0.2, -0.15) is 5.21 Å². The molecule has 2 unspecified atom stereocenters. The van der Waals surface area contributed by atoms with Gasteiger partial charge in [0.2, 0.25) is 5.82 Å². The first-order chi connectivity index (χ1) is 30.2. The summed E-state index contributed by atoms with van der Waals surface area (Å²) in [7, 11) is -1.00. The van der Waals surface area contributed by atoms with E-state index in [2.05, 4.69) is 25.5 Å². The maximum absolute atomic E-state index is 13.5. The first kappa shape index (κ1) is 47.2. The van der Waals surface area contributed by atoms with Crippen LogP contribution in [0, 0.1) is 6.57 Å². The molecule has 0 bridgehead atoms. The first-order valence-electron chi connectivity index (χ1n) is 19.3. The zero-order valence-corrected chi connectivity index (χ0v) is 38.4. The number of imide groups is 2. The van der Waals surface area contributed by atoms with E-state index < -0.39 is 18.2 Å². The van der Waals surface area contributed by atoms with E-state index in [0.29, 0.717) is 81.7 Å². The number of carbonyl (C=O) groups is 4. The van der Waals surface area contributed by atoms with Crippen LogP contribution in [-0.4, -0.2) is 85.6 Å². The summed E-state index contributed by atoms with van der Waals surface area (Å²) in [5, 5.41) is 15.4. The van der Waals surface area contributed by atoms with Crippen LogP contribution in [0.1, 0.15) is 38.2 Å². The van der Waals surface area contributed by atoms with Gasteiger partial charge in [-0.25, -0.2) is 24.2 Å². The number of fused-ring (bicyclic) bond motifs is 2. The molecule has 6 amide bonds. The van der Waals surface area contributed by atoms with Gasteiger partial charge in [0.05, 0.1) is 26.5 Å². The maximum atomic E-state index is 13.5. The minimum Gasteiger partial charge on any atom is -0.373 e. The van der Waals surface area contributed by atoms with E-state index in [4.69, 9.17) is 65.4 Å². The Hall–Kier alpha value is -5.28. The van der Waals surface area contributed by atoms with Crippen LogP contribution in [-0.2, 0) is 22.4 Å². The second kappa shape index (κ2) is 20.9. The summed E-state index contributed by atoms with van der Waals surface area (Å²) < 4.78 is 15.5. The molecule has 4 saturated heterocycles. The summed E-state index contributed by atoms with van der Waals surface area (Å²) in [6.45, 7) is 8.13. The van der Waals surface area contributed by atoms with E-state index in [-0.39, 0.29) is 53.4 Å². The second-order valence-electron chi connectivity index (χ2n) is 14.3. The van der Waals surface area contributed by atoms with Crippen molar-refractivity contribution in [1.29, 1.82) is 0 Å². The third-order valence-corrected chi connectivity index (χ3v) is 11.7. The molecule has 1 N–H and O–H groups in total. The summed E-state index contributed by atoms with van der Waals surface area (Å²) in [5.74, 6) is 0.00139. The van der Waals surface area contributed by atoms with E-state index >= 15 is 0 Å². The van der Waals surface area contributed by atoms with Crippen LogP contribution in [0.3, 0.4) is 0 Å².